The molecule has 4 rings (SSSR count). The molecule has 0 radical (unpaired) electrons. The van der Waals surface area contributed by atoms with Crippen LogP contribution in [0.25, 0.3) is 0 Å². The first kappa shape index (κ1) is 21.0. The Morgan fingerprint density at radius 1 is 1.27 bits per heavy atom. The van der Waals surface area contributed by atoms with Gasteiger partial charge in [-0.3, -0.25) is 14.5 Å². The zero-order valence-electron chi connectivity index (χ0n) is 16.8. The van der Waals surface area contributed by atoms with Crippen LogP contribution in [-0.2, 0) is 14.8 Å². The van der Waals surface area contributed by atoms with Crippen molar-refractivity contribution < 1.29 is 13.2 Å². The van der Waals surface area contributed by atoms with Crippen molar-refractivity contribution in [3.8, 4) is 0 Å². The van der Waals surface area contributed by atoms with Gasteiger partial charge in [-0.25, -0.2) is 13.4 Å². The molecule has 1 unspecified atom stereocenters. The van der Waals surface area contributed by atoms with Gasteiger partial charge in [-0.2, -0.15) is 0 Å². The summed E-state index contributed by atoms with van der Waals surface area (Å²) in [6.07, 6.45) is 7.05. The van der Waals surface area contributed by atoms with Crippen molar-refractivity contribution in [1.82, 2.24) is 14.6 Å². The SMILES string of the molecule is O=C(CCCCCN=C1NS(=O)(=O)c2ccccc21)N1CCCC(c2nccs2)C1. The average molecular weight is 447 g/mol. The number of benzene rings is 1. The quantitative estimate of drug-likeness (QED) is 0.662. The molecule has 1 saturated heterocycles. The monoisotopic (exact) mass is 446 g/mol. The van der Waals surface area contributed by atoms with Crippen LogP contribution < -0.4 is 4.72 Å². The molecule has 30 heavy (non-hydrogen) atoms. The Morgan fingerprint density at radius 2 is 2.13 bits per heavy atom. The summed E-state index contributed by atoms with van der Waals surface area (Å²) in [6, 6.07) is 6.87. The molecule has 0 aliphatic carbocycles. The lowest BCUT2D eigenvalue weighted by molar-refractivity contribution is -0.132. The number of sulfonamides is 1. The van der Waals surface area contributed by atoms with Crippen LogP contribution in [0.1, 0.15) is 55.0 Å². The third kappa shape index (κ3) is 4.73. The van der Waals surface area contributed by atoms with E-state index in [0.717, 1.165) is 50.2 Å². The van der Waals surface area contributed by atoms with Crippen LogP contribution in [0.2, 0.25) is 0 Å². The maximum Gasteiger partial charge on any atom is 0.263 e. The van der Waals surface area contributed by atoms with Gasteiger partial charge in [0.1, 0.15) is 5.84 Å². The minimum Gasteiger partial charge on any atom is -0.342 e. The van der Waals surface area contributed by atoms with Gasteiger partial charge in [0, 0.05) is 49.1 Å². The first-order chi connectivity index (χ1) is 14.5. The molecule has 3 heterocycles. The van der Waals surface area contributed by atoms with E-state index in [1.807, 2.05) is 22.5 Å². The Morgan fingerprint density at radius 3 is 2.97 bits per heavy atom. The second kappa shape index (κ2) is 9.26. The van der Waals surface area contributed by atoms with Gasteiger partial charge in [-0.1, -0.05) is 18.6 Å². The normalized spacial score (nSPS) is 21.4. The number of unbranched alkanes of at least 4 members (excludes halogenated alkanes) is 2. The van der Waals surface area contributed by atoms with Crippen LogP contribution >= 0.6 is 11.3 Å². The Balaban J connectivity index is 1.20. The standard InChI is InChI=1S/C21H26N4O3S2/c26-19(25-13-6-7-16(15-25)21-23-12-14-29-21)10-2-1-5-11-22-20-17-8-3-4-9-18(17)30(27,28)24-20/h3-4,8-9,12,14,16H,1-2,5-7,10-11,13,15H2,(H,22,24). The number of amides is 1. The highest BCUT2D eigenvalue weighted by Crippen LogP contribution is 2.28. The molecule has 7 nitrogen and oxygen atoms in total. The van der Waals surface area contributed by atoms with E-state index < -0.39 is 10.0 Å². The first-order valence-corrected chi connectivity index (χ1v) is 12.7. The predicted octanol–water partition coefficient (Wildman–Crippen LogP) is 3.15. The van der Waals surface area contributed by atoms with Crippen LogP contribution in [0.15, 0.2) is 45.7 Å². The largest absolute Gasteiger partial charge is 0.342 e. The summed E-state index contributed by atoms with van der Waals surface area (Å²) in [5.41, 5.74) is 0.632. The second-order valence-electron chi connectivity index (χ2n) is 7.69. The zero-order valence-corrected chi connectivity index (χ0v) is 18.4. The summed E-state index contributed by atoms with van der Waals surface area (Å²) in [5.74, 6) is 1.01. The second-order valence-corrected chi connectivity index (χ2v) is 10.3. The topological polar surface area (TPSA) is 91.7 Å². The van der Waals surface area contributed by atoms with E-state index in [2.05, 4.69) is 14.7 Å². The zero-order chi connectivity index (χ0) is 21.0. The number of aromatic nitrogens is 1. The maximum atomic E-state index is 12.6. The Bertz CT molecular complexity index is 1020. The van der Waals surface area contributed by atoms with E-state index in [9.17, 15) is 13.2 Å². The molecule has 160 valence electrons. The molecular weight excluding hydrogens is 420 g/mol. The number of fused-ring (bicyclic) bond motifs is 1. The average Bonchev–Trinajstić information content (AvgIpc) is 3.38. The molecule has 0 saturated carbocycles. The maximum absolute atomic E-state index is 12.6. The fourth-order valence-electron chi connectivity index (χ4n) is 4.01. The summed E-state index contributed by atoms with van der Waals surface area (Å²) in [4.78, 5) is 23.7. The van der Waals surface area contributed by atoms with Crippen LogP contribution in [0.4, 0.5) is 0 Å². The first-order valence-electron chi connectivity index (χ1n) is 10.4. The van der Waals surface area contributed by atoms with Gasteiger partial charge >= 0.3 is 0 Å². The van der Waals surface area contributed by atoms with E-state index in [4.69, 9.17) is 0 Å². The van der Waals surface area contributed by atoms with Gasteiger partial charge in [0.2, 0.25) is 5.91 Å². The number of hydrogen-bond donors (Lipinski definition) is 1. The van der Waals surface area contributed by atoms with Crippen LogP contribution in [0.3, 0.4) is 0 Å². The molecule has 0 bridgehead atoms. The Hall–Kier alpha value is -2.26. The number of thiazole rings is 1. The third-order valence-electron chi connectivity index (χ3n) is 5.56. The molecule has 2 aliphatic heterocycles. The molecule has 9 heteroatoms. The molecule has 1 N–H and O–H groups in total. The number of carbonyl (C=O) groups is 1. The summed E-state index contributed by atoms with van der Waals surface area (Å²) in [5, 5.41) is 3.13. The van der Waals surface area contributed by atoms with Crippen molar-refractivity contribution in [2.24, 2.45) is 4.99 Å². The third-order valence-corrected chi connectivity index (χ3v) is 7.89. The number of nitrogens with zero attached hydrogens (tertiary/aromatic N) is 3. The lowest BCUT2D eigenvalue weighted by Gasteiger charge is -2.32. The van der Waals surface area contributed by atoms with Crippen LogP contribution in [-0.4, -0.2) is 49.7 Å². The van der Waals surface area contributed by atoms with Crippen molar-refractivity contribution in [3.63, 3.8) is 0 Å². The summed E-state index contributed by atoms with van der Waals surface area (Å²) in [7, 11) is -3.48. The Labute approximate surface area is 181 Å². The fraction of sp³-hybridized carbons (Fsp3) is 0.476. The number of hydrogen-bond acceptors (Lipinski definition) is 6. The molecule has 0 spiro atoms. The number of likely N-dealkylation sites (tertiary alicyclic amines) is 1. The van der Waals surface area contributed by atoms with E-state index in [1.165, 1.54) is 0 Å². The molecule has 1 amide bonds. The summed E-state index contributed by atoms with van der Waals surface area (Å²) < 4.78 is 26.7. The molecular formula is C21H26N4O3S2. The summed E-state index contributed by atoms with van der Waals surface area (Å²) in [6.45, 7) is 2.16. The van der Waals surface area contributed by atoms with Gasteiger partial charge in [-0.05, 0) is 37.8 Å². The smallest absolute Gasteiger partial charge is 0.263 e. The van der Waals surface area contributed by atoms with Crippen LogP contribution in [0.5, 0.6) is 0 Å². The van der Waals surface area contributed by atoms with Crippen molar-refractivity contribution in [1.29, 1.82) is 0 Å². The molecule has 1 fully saturated rings. The molecule has 1 aromatic heterocycles. The lowest BCUT2D eigenvalue weighted by Crippen LogP contribution is -2.38. The molecule has 1 aromatic carbocycles. The number of carbonyl (C=O) groups excluding carboxylic acids is 1. The molecule has 1 atom stereocenters. The van der Waals surface area contributed by atoms with Crippen LogP contribution in [0, 0.1) is 0 Å². The number of nitrogens with one attached hydrogen (secondary N) is 1. The van der Waals surface area contributed by atoms with Crippen molar-refractivity contribution in [2.75, 3.05) is 19.6 Å². The fourth-order valence-corrected chi connectivity index (χ4v) is 6.03. The van der Waals surface area contributed by atoms with Gasteiger partial charge in [0.05, 0.1) is 9.90 Å². The predicted molar refractivity (Wildman–Crippen MR) is 117 cm³/mol. The van der Waals surface area contributed by atoms with E-state index in [-0.39, 0.29) is 10.8 Å². The highest BCUT2D eigenvalue weighted by Gasteiger charge is 2.30. The van der Waals surface area contributed by atoms with Crippen molar-refractivity contribution in [2.45, 2.75) is 49.3 Å². The Kier molecular flexibility index (Phi) is 6.48. The van der Waals surface area contributed by atoms with Gasteiger partial charge in [0.25, 0.3) is 10.0 Å². The van der Waals surface area contributed by atoms with E-state index in [0.29, 0.717) is 30.3 Å². The summed E-state index contributed by atoms with van der Waals surface area (Å²) >= 11 is 1.67. The lowest BCUT2D eigenvalue weighted by atomic mass is 9.98. The number of rotatable bonds is 7. The van der Waals surface area contributed by atoms with Crippen molar-refractivity contribution in [3.05, 3.63) is 46.4 Å². The minimum atomic E-state index is -3.48. The van der Waals surface area contributed by atoms with Gasteiger partial charge in [0.15, 0.2) is 0 Å². The van der Waals surface area contributed by atoms with Crippen molar-refractivity contribution >= 4 is 33.1 Å². The van der Waals surface area contributed by atoms with Gasteiger partial charge in [-0.15, -0.1) is 11.3 Å². The van der Waals surface area contributed by atoms with E-state index in [1.54, 1.807) is 29.5 Å². The molecule has 2 aromatic rings. The minimum absolute atomic E-state index is 0.222. The van der Waals surface area contributed by atoms with E-state index >= 15 is 0 Å². The van der Waals surface area contributed by atoms with Gasteiger partial charge < -0.3 is 4.90 Å². The highest BCUT2D eigenvalue weighted by atomic mass is 32.2. The number of amidine groups is 1. The number of aliphatic imine (C=N–C) groups is 1. The highest BCUT2D eigenvalue weighted by molar-refractivity contribution is 7.90. The number of piperidine rings is 1. The molecule has 2 aliphatic rings.